The summed E-state index contributed by atoms with van der Waals surface area (Å²) >= 11 is 0. The van der Waals surface area contributed by atoms with Gasteiger partial charge in [0.2, 0.25) is 0 Å². The lowest BCUT2D eigenvalue weighted by molar-refractivity contribution is -0.510. The Morgan fingerprint density at radius 1 is 1.00 bits per heavy atom. The largest absolute Gasteiger partial charge is 0.286 e. The molecule has 0 radical (unpaired) electrons. The Kier molecular flexibility index (Phi) is 2.63. The van der Waals surface area contributed by atoms with E-state index in [-0.39, 0.29) is 0 Å². The molecule has 0 amide bonds. The zero-order valence-corrected chi connectivity index (χ0v) is 10.8. The summed E-state index contributed by atoms with van der Waals surface area (Å²) in [6.45, 7) is 5.29. The Bertz CT molecular complexity index is 681. The van der Waals surface area contributed by atoms with Gasteiger partial charge in [-0.15, -0.1) is 0 Å². The van der Waals surface area contributed by atoms with Crippen molar-refractivity contribution in [3.8, 4) is 11.3 Å². The molecule has 0 spiro atoms. The lowest BCUT2D eigenvalue weighted by Gasteiger charge is -1.99. The van der Waals surface area contributed by atoms with E-state index in [0.29, 0.717) is 0 Å². The first-order chi connectivity index (χ1) is 8.79. The smallest absolute Gasteiger partial charge is 0.223 e. The maximum absolute atomic E-state index is 2.34. The van der Waals surface area contributed by atoms with E-state index in [1.54, 1.807) is 0 Å². The van der Waals surface area contributed by atoms with Gasteiger partial charge in [-0.1, -0.05) is 30.3 Å². The minimum atomic E-state index is 0.976. The third kappa shape index (κ3) is 1.70. The first-order valence-corrected chi connectivity index (χ1v) is 6.36. The number of aromatic nitrogens is 2. The zero-order valence-electron chi connectivity index (χ0n) is 10.8. The van der Waals surface area contributed by atoms with Gasteiger partial charge in [0.15, 0.2) is 5.69 Å². The van der Waals surface area contributed by atoms with E-state index in [1.165, 1.54) is 22.5 Å². The van der Waals surface area contributed by atoms with Crippen molar-refractivity contribution in [3.63, 3.8) is 0 Å². The Morgan fingerprint density at radius 2 is 1.78 bits per heavy atom. The van der Waals surface area contributed by atoms with Gasteiger partial charge in [-0.2, -0.15) is 0 Å². The lowest BCUT2D eigenvalue weighted by Crippen LogP contribution is -2.19. The molecule has 0 saturated carbocycles. The van der Waals surface area contributed by atoms with Crippen LogP contribution in [0.2, 0.25) is 0 Å². The molecule has 2 heteroatoms. The summed E-state index contributed by atoms with van der Waals surface area (Å²) in [5, 5.41) is 0. The molecule has 0 fully saturated rings. The van der Waals surface area contributed by atoms with E-state index in [0.717, 1.165) is 6.54 Å². The van der Waals surface area contributed by atoms with Gasteiger partial charge >= 0.3 is 0 Å². The number of nitrogens with zero attached hydrogens (tertiary/aromatic N) is 2. The van der Waals surface area contributed by atoms with Gasteiger partial charge in [0, 0.05) is 11.6 Å². The fourth-order valence-electron chi connectivity index (χ4n) is 2.45. The summed E-state index contributed by atoms with van der Waals surface area (Å²) in [4.78, 5) is 0. The highest BCUT2D eigenvalue weighted by Gasteiger charge is 2.17. The molecule has 3 rings (SSSR count). The van der Waals surface area contributed by atoms with Crippen molar-refractivity contribution in [2.24, 2.45) is 0 Å². The molecule has 0 aliphatic rings. The van der Waals surface area contributed by atoms with Crippen LogP contribution in [0.1, 0.15) is 12.5 Å². The molecule has 2 aromatic heterocycles. The van der Waals surface area contributed by atoms with E-state index in [9.17, 15) is 0 Å². The fourth-order valence-corrected chi connectivity index (χ4v) is 2.45. The maximum Gasteiger partial charge on any atom is 0.286 e. The predicted molar refractivity (Wildman–Crippen MR) is 73.4 cm³/mol. The van der Waals surface area contributed by atoms with Gasteiger partial charge in [-0.3, -0.25) is 0 Å². The highest BCUT2D eigenvalue weighted by Crippen LogP contribution is 2.20. The number of imidazole rings is 1. The fraction of sp³-hybridized carbons (Fsp3) is 0.188. The van der Waals surface area contributed by atoms with E-state index < -0.39 is 0 Å². The summed E-state index contributed by atoms with van der Waals surface area (Å²) in [6, 6.07) is 14.9. The molecule has 0 unspecified atom stereocenters. The Morgan fingerprint density at radius 3 is 2.50 bits per heavy atom. The lowest BCUT2D eigenvalue weighted by atomic mass is 10.2. The van der Waals surface area contributed by atoms with E-state index in [2.05, 4.69) is 77.7 Å². The van der Waals surface area contributed by atoms with Gasteiger partial charge < -0.3 is 0 Å². The topological polar surface area (TPSA) is 9.03 Å². The van der Waals surface area contributed by atoms with Crippen molar-refractivity contribution in [3.05, 3.63) is 60.4 Å². The van der Waals surface area contributed by atoms with Crippen LogP contribution in [0.4, 0.5) is 0 Å². The second kappa shape index (κ2) is 4.30. The molecule has 0 aliphatic heterocycles. The summed E-state index contributed by atoms with van der Waals surface area (Å²) in [5.74, 6) is 0. The third-order valence-electron chi connectivity index (χ3n) is 3.32. The van der Waals surface area contributed by atoms with Crippen molar-refractivity contribution in [1.82, 2.24) is 4.57 Å². The molecular weight excluding hydrogens is 220 g/mol. The van der Waals surface area contributed by atoms with Crippen molar-refractivity contribution in [1.29, 1.82) is 0 Å². The van der Waals surface area contributed by atoms with E-state index >= 15 is 0 Å². The number of pyridine rings is 1. The molecule has 90 valence electrons. The van der Waals surface area contributed by atoms with Crippen molar-refractivity contribution in [2.45, 2.75) is 20.4 Å². The third-order valence-corrected chi connectivity index (χ3v) is 3.32. The van der Waals surface area contributed by atoms with Crippen LogP contribution >= 0.6 is 0 Å². The Balaban J connectivity index is 2.29. The van der Waals surface area contributed by atoms with Crippen LogP contribution in [-0.2, 0) is 6.54 Å². The molecule has 0 N–H and O–H groups in total. The predicted octanol–water partition coefficient (Wildman–Crippen LogP) is 3.22. The minimum Gasteiger partial charge on any atom is -0.223 e. The number of benzene rings is 1. The molecule has 18 heavy (non-hydrogen) atoms. The summed E-state index contributed by atoms with van der Waals surface area (Å²) in [5.41, 5.74) is 5.05. The quantitative estimate of drug-likeness (QED) is 0.605. The summed E-state index contributed by atoms with van der Waals surface area (Å²) in [7, 11) is 0. The van der Waals surface area contributed by atoms with Crippen LogP contribution in [0, 0.1) is 6.92 Å². The molecule has 2 nitrogen and oxygen atoms in total. The van der Waals surface area contributed by atoms with Crippen molar-refractivity contribution >= 4 is 5.65 Å². The average molecular weight is 237 g/mol. The number of rotatable bonds is 2. The molecule has 3 aromatic rings. The maximum atomic E-state index is 2.34. The van der Waals surface area contributed by atoms with Crippen LogP contribution in [0.5, 0.6) is 0 Å². The Labute approximate surface area is 107 Å². The van der Waals surface area contributed by atoms with Gasteiger partial charge in [0.05, 0.1) is 12.7 Å². The van der Waals surface area contributed by atoms with Crippen molar-refractivity contribution in [2.75, 3.05) is 0 Å². The molecule has 0 atom stereocenters. The second-order valence-electron chi connectivity index (χ2n) is 4.60. The van der Waals surface area contributed by atoms with E-state index in [4.69, 9.17) is 0 Å². The Hall–Kier alpha value is -2.09. The number of hydrogen-bond donors (Lipinski definition) is 0. The highest BCUT2D eigenvalue weighted by atomic mass is 15.1. The first-order valence-electron chi connectivity index (χ1n) is 6.36. The SMILES string of the molecule is CCn1c(-c2ccccc2)c[n+]2cc(C)ccc12. The average Bonchev–Trinajstić information content (AvgIpc) is 2.77. The van der Waals surface area contributed by atoms with Gasteiger partial charge in [0.25, 0.3) is 5.65 Å². The van der Waals surface area contributed by atoms with Crippen LogP contribution in [0.25, 0.3) is 16.9 Å². The van der Waals surface area contributed by atoms with Crippen LogP contribution in [0.15, 0.2) is 54.9 Å². The van der Waals surface area contributed by atoms with Crippen LogP contribution in [0.3, 0.4) is 0 Å². The molecule has 1 aromatic carbocycles. The number of aryl methyl sites for hydroxylation is 2. The molecule has 0 bridgehead atoms. The monoisotopic (exact) mass is 237 g/mol. The molecule has 0 saturated heterocycles. The van der Waals surface area contributed by atoms with E-state index in [1.807, 2.05) is 0 Å². The zero-order chi connectivity index (χ0) is 12.5. The first kappa shape index (κ1) is 11.0. The van der Waals surface area contributed by atoms with Gasteiger partial charge in [-0.25, -0.2) is 8.97 Å². The number of fused-ring (bicyclic) bond motifs is 1. The van der Waals surface area contributed by atoms with Crippen molar-refractivity contribution < 1.29 is 4.40 Å². The highest BCUT2D eigenvalue weighted by molar-refractivity contribution is 5.61. The molecule has 2 heterocycles. The van der Waals surface area contributed by atoms with Gasteiger partial charge in [-0.05, 0) is 25.5 Å². The van der Waals surface area contributed by atoms with Crippen LogP contribution < -0.4 is 4.40 Å². The van der Waals surface area contributed by atoms with Gasteiger partial charge in [0.1, 0.15) is 6.20 Å². The molecule has 0 aliphatic carbocycles. The second-order valence-corrected chi connectivity index (χ2v) is 4.60. The minimum absolute atomic E-state index is 0.976. The summed E-state index contributed by atoms with van der Waals surface area (Å²) in [6.07, 6.45) is 4.38. The van der Waals surface area contributed by atoms with Crippen LogP contribution in [-0.4, -0.2) is 4.57 Å². The molecular formula is C16H17N2+. The normalized spacial score (nSPS) is 11.0. The summed E-state index contributed by atoms with van der Waals surface area (Å²) < 4.78 is 4.55. The number of hydrogen-bond acceptors (Lipinski definition) is 0. The standard InChI is InChI=1S/C16H17N2/c1-3-18-15(14-7-5-4-6-8-14)12-17-11-13(2)9-10-16(17)18/h4-12H,3H2,1-2H3/q+1.